The first kappa shape index (κ1) is 18.5. The lowest BCUT2D eigenvalue weighted by Gasteiger charge is -2.02. The predicted molar refractivity (Wildman–Crippen MR) is 92.1 cm³/mol. The molecule has 0 atom stereocenters. The molecule has 0 heterocycles. The van der Waals surface area contributed by atoms with E-state index in [1.54, 1.807) is 24.3 Å². The van der Waals surface area contributed by atoms with E-state index in [4.69, 9.17) is 20.7 Å². The number of ether oxygens (including phenoxy) is 2. The Morgan fingerprint density at radius 2 is 1.58 bits per heavy atom. The van der Waals surface area contributed by atoms with E-state index in [9.17, 15) is 9.59 Å². The van der Waals surface area contributed by atoms with E-state index >= 15 is 0 Å². The van der Waals surface area contributed by atoms with Crippen molar-refractivity contribution in [2.75, 3.05) is 20.0 Å². The summed E-state index contributed by atoms with van der Waals surface area (Å²) in [6.45, 7) is 0. The average molecular weight is 331 g/mol. The number of carbonyl (C=O) groups is 2. The van der Waals surface area contributed by atoms with Gasteiger partial charge in [0.1, 0.15) is 11.5 Å². The molecule has 0 aliphatic heterocycles. The molecule has 2 aromatic rings. The maximum atomic E-state index is 10.5. The summed E-state index contributed by atoms with van der Waals surface area (Å²) >= 11 is 0. The quantitative estimate of drug-likeness (QED) is 0.293. The monoisotopic (exact) mass is 331 g/mol. The van der Waals surface area contributed by atoms with E-state index in [-0.39, 0.29) is 1.43 Å². The number of nitrogen functional groups attached to an aromatic ring is 1. The zero-order chi connectivity index (χ0) is 17.9. The number of rotatable bonds is 5. The van der Waals surface area contributed by atoms with Gasteiger partial charge >= 0.3 is 0 Å². The van der Waals surface area contributed by atoms with E-state index in [1.165, 1.54) is 26.4 Å². The van der Waals surface area contributed by atoms with Crippen LogP contribution in [0.5, 0.6) is 11.5 Å². The molecule has 0 bridgehead atoms. The number of anilines is 1. The zero-order valence-electron chi connectivity index (χ0n) is 13.2. The fraction of sp³-hybridized carbons (Fsp3) is 0.125. The summed E-state index contributed by atoms with van der Waals surface area (Å²) in [5.41, 5.74) is 15.6. The number of carbonyl (C=O) groups excluding carboxylic acids is 2. The molecule has 0 amide bonds. The molecule has 0 radical (unpaired) electrons. The highest BCUT2D eigenvalue weighted by Gasteiger charge is 2.01. The smallest absolute Gasteiger partial charge is 0.153 e. The van der Waals surface area contributed by atoms with Crippen LogP contribution in [-0.2, 0) is 0 Å². The lowest BCUT2D eigenvalue weighted by molar-refractivity contribution is 0.111. The Labute approximate surface area is 139 Å². The van der Waals surface area contributed by atoms with Crippen molar-refractivity contribution in [3.05, 3.63) is 58.0 Å². The molecule has 2 rings (SSSR count). The van der Waals surface area contributed by atoms with Gasteiger partial charge in [-0.05, 0) is 29.8 Å². The van der Waals surface area contributed by atoms with Crippen LogP contribution in [-0.4, -0.2) is 26.8 Å². The van der Waals surface area contributed by atoms with Crippen LogP contribution in [0.25, 0.3) is 10.4 Å². The summed E-state index contributed by atoms with van der Waals surface area (Å²) in [5.74, 6) is 0.917. The minimum absolute atomic E-state index is 0. The van der Waals surface area contributed by atoms with Crippen molar-refractivity contribution in [3.8, 4) is 11.5 Å². The molecule has 0 unspecified atom stereocenters. The van der Waals surface area contributed by atoms with Crippen LogP contribution >= 0.6 is 0 Å². The van der Waals surface area contributed by atoms with Crippen molar-refractivity contribution < 1.29 is 20.5 Å². The second kappa shape index (κ2) is 9.50. The highest BCUT2D eigenvalue weighted by Crippen LogP contribution is 2.23. The predicted octanol–water partition coefficient (Wildman–Crippen LogP) is 3.79. The van der Waals surface area contributed by atoms with E-state index in [1.807, 2.05) is 0 Å². The van der Waals surface area contributed by atoms with Crippen LogP contribution in [0.3, 0.4) is 0 Å². The molecule has 8 nitrogen and oxygen atoms in total. The molecule has 2 aromatic carbocycles. The van der Waals surface area contributed by atoms with Crippen molar-refractivity contribution in [1.29, 1.82) is 0 Å². The van der Waals surface area contributed by atoms with Crippen molar-refractivity contribution in [2.45, 2.75) is 0 Å². The Balaban J connectivity index is 0.000000449. The van der Waals surface area contributed by atoms with Gasteiger partial charge < -0.3 is 15.2 Å². The van der Waals surface area contributed by atoms with E-state index in [0.29, 0.717) is 40.3 Å². The third-order valence-corrected chi connectivity index (χ3v) is 2.89. The Hall–Kier alpha value is -3.51. The Bertz CT molecular complexity index is 777. The normalized spacial score (nSPS) is 8.92. The number of hydrogen-bond acceptors (Lipinski definition) is 6. The van der Waals surface area contributed by atoms with Crippen LogP contribution in [0.15, 0.2) is 41.5 Å². The third kappa shape index (κ3) is 5.04. The number of nitrogens with two attached hydrogens (primary N) is 1. The number of nitrogens with zero attached hydrogens (tertiary/aromatic N) is 3. The van der Waals surface area contributed by atoms with Crippen LogP contribution in [0.1, 0.15) is 22.1 Å². The van der Waals surface area contributed by atoms with E-state index in [2.05, 4.69) is 10.0 Å². The first-order valence-corrected chi connectivity index (χ1v) is 6.66. The second-order valence-electron chi connectivity index (χ2n) is 4.35. The van der Waals surface area contributed by atoms with E-state index in [0.717, 1.165) is 6.29 Å². The molecule has 126 valence electrons. The van der Waals surface area contributed by atoms with Crippen LogP contribution in [0.2, 0.25) is 0 Å². The highest BCUT2D eigenvalue weighted by molar-refractivity contribution is 5.81. The molecule has 24 heavy (non-hydrogen) atoms. The van der Waals surface area contributed by atoms with Gasteiger partial charge in [-0.3, -0.25) is 9.59 Å². The molecule has 8 heteroatoms. The van der Waals surface area contributed by atoms with Gasteiger partial charge in [-0.15, -0.1) is 0 Å². The Morgan fingerprint density at radius 3 is 2.08 bits per heavy atom. The van der Waals surface area contributed by atoms with Crippen LogP contribution in [0.4, 0.5) is 11.4 Å². The standard InChI is InChI=1S/C8H7N3O2.C8H9NO2.H2/c1-13-8-4-7(10-11-9)3-2-6(8)5-12;1-11-8-4-7(9)3-2-6(8)5-10;/h2-5H,1H3;2-5H,9H2,1H3;1H/i;;1+1. The summed E-state index contributed by atoms with van der Waals surface area (Å²) in [4.78, 5) is 23.5. The summed E-state index contributed by atoms with van der Waals surface area (Å²) < 4.78 is 9.81. The number of methoxy groups -OCH3 is 2. The maximum absolute atomic E-state index is 10.5. The van der Waals surface area contributed by atoms with Gasteiger partial charge in [0.2, 0.25) is 0 Å². The molecule has 0 saturated heterocycles. The van der Waals surface area contributed by atoms with Gasteiger partial charge in [0.15, 0.2) is 12.6 Å². The number of azide groups is 1. The largest absolute Gasteiger partial charge is 0.496 e. The van der Waals surface area contributed by atoms with E-state index < -0.39 is 0 Å². The van der Waals surface area contributed by atoms with Gasteiger partial charge in [-0.2, -0.15) is 0 Å². The molecule has 0 fully saturated rings. The van der Waals surface area contributed by atoms with Crippen molar-refractivity contribution >= 4 is 23.9 Å². The fourth-order valence-electron chi connectivity index (χ4n) is 1.74. The number of benzene rings is 2. The van der Waals surface area contributed by atoms with Gasteiger partial charge in [-0.1, -0.05) is 11.2 Å². The number of hydrogen-bond donors (Lipinski definition) is 1. The summed E-state index contributed by atoms with van der Waals surface area (Å²) in [5, 5.41) is 3.38. The molecule has 0 saturated carbocycles. The minimum atomic E-state index is 0. The molecule has 0 spiro atoms. The maximum Gasteiger partial charge on any atom is 0.153 e. The number of aldehydes is 2. The third-order valence-electron chi connectivity index (χ3n) is 2.89. The highest BCUT2D eigenvalue weighted by atomic mass is 16.5. The van der Waals surface area contributed by atoms with Crippen molar-refractivity contribution in [3.63, 3.8) is 0 Å². The lowest BCUT2D eigenvalue weighted by Crippen LogP contribution is -1.92. The second-order valence-corrected chi connectivity index (χ2v) is 4.35. The molecule has 0 aliphatic rings. The average Bonchev–Trinajstić information content (AvgIpc) is 2.62. The van der Waals surface area contributed by atoms with Gasteiger partial charge in [-0.25, -0.2) is 0 Å². The molecule has 0 aromatic heterocycles. The lowest BCUT2D eigenvalue weighted by atomic mass is 10.2. The van der Waals surface area contributed by atoms with Crippen LogP contribution < -0.4 is 15.2 Å². The molecular weight excluding hydrogens is 312 g/mol. The van der Waals surface area contributed by atoms with Crippen LogP contribution in [0, 0.1) is 0 Å². The zero-order valence-corrected chi connectivity index (χ0v) is 13.2. The SMILES string of the molecule is COc1cc(N)ccc1C=O.COc1cc(N=[N+]=[N-])ccc1C=O.[2HH]. The first-order valence-electron chi connectivity index (χ1n) is 6.66. The Kier molecular flexibility index (Phi) is 7.33. The van der Waals surface area contributed by atoms with Gasteiger partial charge in [0.25, 0.3) is 0 Å². The minimum Gasteiger partial charge on any atom is -0.496 e. The first-order chi connectivity index (χ1) is 11.6. The Morgan fingerprint density at radius 1 is 1.04 bits per heavy atom. The summed E-state index contributed by atoms with van der Waals surface area (Å²) in [6.07, 6.45) is 1.41. The molecule has 0 aliphatic carbocycles. The van der Waals surface area contributed by atoms with Crippen molar-refractivity contribution in [2.24, 2.45) is 5.11 Å². The summed E-state index contributed by atoms with van der Waals surface area (Å²) in [6, 6.07) is 9.49. The van der Waals surface area contributed by atoms with Gasteiger partial charge in [0, 0.05) is 23.8 Å². The van der Waals surface area contributed by atoms with Crippen molar-refractivity contribution in [1.82, 2.24) is 0 Å². The van der Waals surface area contributed by atoms with Gasteiger partial charge in [0.05, 0.1) is 25.3 Å². The molecule has 2 N–H and O–H groups in total. The topological polar surface area (TPSA) is 127 Å². The summed E-state index contributed by atoms with van der Waals surface area (Å²) in [7, 11) is 2.95. The fourth-order valence-corrected chi connectivity index (χ4v) is 1.74. The molecular formula is C16H18N4O4.